The van der Waals surface area contributed by atoms with Crippen LogP contribution in [0.25, 0.3) is 10.9 Å². The Morgan fingerprint density at radius 3 is 2.80 bits per heavy atom. The van der Waals surface area contributed by atoms with Crippen molar-refractivity contribution < 1.29 is 0 Å². The molecule has 0 aliphatic rings. The fourth-order valence-corrected chi connectivity index (χ4v) is 1.36. The Balaban J connectivity index is 2.79. The number of fused-ring (bicyclic) bond motifs is 1. The molecule has 0 radical (unpaired) electrons. The molecule has 0 spiro atoms. The van der Waals surface area contributed by atoms with Gasteiger partial charge in [0.1, 0.15) is 0 Å². The van der Waals surface area contributed by atoms with Crippen molar-refractivity contribution >= 4 is 22.5 Å². The minimum Gasteiger partial charge on any atom is -0.399 e. The van der Waals surface area contributed by atoms with Gasteiger partial charge in [0.05, 0.1) is 10.9 Å². The molecule has 5 nitrogen and oxygen atoms in total. The van der Waals surface area contributed by atoms with E-state index in [-0.39, 0.29) is 5.56 Å². The number of hydrogen-bond acceptors (Lipinski definition) is 4. The number of aromatic nitrogens is 2. The first-order valence-electron chi connectivity index (χ1n) is 4.55. The monoisotopic (exact) mass is 204 g/mol. The molecule has 0 bridgehead atoms. The van der Waals surface area contributed by atoms with Gasteiger partial charge < -0.3 is 10.6 Å². The van der Waals surface area contributed by atoms with Gasteiger partial charge in [-0.15, -0.1) is 0 Å². The molecular formula is C10H12N4O. The molecule has 0 saturated heterocycles. The lowest BCUT2D eigenvalue weighted by Crippen LogP contribution is -2.18. The van der Waals surface area contributed by atoms with E-state index >= 15 is 0 Å². The number of nitrogen functional groups attached to an aromatic ring is 1. The number of anilines is 2. The second-order valence-corrected chi connectivity index (χ2v) is 3.56. The number of nitrogens with one attached hydrogen (secondary N) is 1. The second-order valence-electron chi connectivity index (χ2n) is 3.56. The molecule has 78 valence electrons. The molecule has 5 heteroatoms. The van der Waals surface area contributed by atoms with Crippen molar-refractivity contribution in [1.82, 2.24) is 9.97 Å². The van der Waals surface area contributed by atoms with Crippen LogP contribution in [0.4, 0.5) is 11.6 Å². The van der Waals surface area contributed by atoms with Gasteiger partial charge in [-0.1, -0.05) is 0 Å². The molecule has 1 aromatic carbocycles. The summed E-state index contributed by atoms with van der Waals surface area (Å²) in [5.74, 6) is 0.539. The first-order chi connectivity index (χ1) is 7.08. The van der Waals surface area contributed by atoms with E-state index in [0.29, 0.717) is 22.5 Å². The Bertz CT molecular complexity index is 559. The van der Waals surface area contributed by atoms with Crippen LogP contribution in [-0.4, -0.2) is 24.1 Å². The fourth-order valence-electron chi connectivity index (χ4n) is 1.36. The van der Waals surface area contributed by atoms with E-state index in [1.807, 2.05) is 14.1 Å². The van der Waals surface area contributed by atoms with Crippen LogP contribution in [0.1, 0.15) is 0 Å². The summed E-state index contributed by atoms with van der Waals surface area (Å²) in [6.07, 6.45) is 0. The molecule has 0 saturated carbocycles. The van der Waals surface area contributed by atoms with Crippen molar-refractivity contribution in [1.29, 1.82) is 0 Å². The maximum Gasteiger partial charge on any atom is 0.260 e. The fraction of sp³-hybridized carbons (Fsp3) is 0.200. The van der Waals surface area contributed by atoms with Crippen LogP contribution in [0.2, 0.25) is 0 Å². The molecule has 3 N–H and O–H groups in total. The molecule has 2 rings (SSSR count). The maximum atomic E-state index is 11.7. The number of hydrogen-bond donors (Lipinski definition) is 2. The third-order valence-corrected chi connectivity index (χ3v) is 2.14. The van der Waals surface area contributed by atoms with Crippen molar-refractivity contribution in [2.75, 3.05) is 24.7 Å². The molecule has 0 aliphatic carbocycles. The first kappa shape index (κ1) is 9.51. The van der Waals surface area contributed by atoms with Crippen molar-refractivity contribution in [2.24, 2.45) is 0 Å². The number of nitrogens with two attached hydrogens (primary N) is 1. The van der Waals surface area contributed by atoms with Gasteiger partial charge in [0.25, 0.3) is 5.56 Å². The molecule has 0 amide bonds. The van der Waals surface area contributed by atoms with Crippen LogP contribution >= 0.6 is 0 Å². The van der Waals surface area contributed by atoms with Crippen LogP contribution < -0.4 is 16.2 Å². The highest BCUT2D eigenvalue weighted by Crippen LogP contribution is 2.13. The standard InChI is InChI=1S/C10H12N4O/c1-14(2)10-12-8-4-3-6(11)5-7(8)9(15)13-10/h3-5H,11H2,1-2H3,(H,12,13,15). The zero-order chi connectivity index (χ0) is 11.0. The number of H-pyrrole nitrogens is 1. The summed E-state index contributed by atoms with van der Waals surface area (Å²) in [4.78, 5) is 20.4. The van der Waals surface area contributed by atoms with Crippen LogP contribution in [-0.2, 0) is 0 Å². The van der Waals surface area contributed by atoms with Crippen molar-refractivity contribution in [3.63, 3.8) is 0 Å². The van der Waals surface area contributed by atoms with Gasteiger partial charge in [-0.05, 0) is 18.2 Å². The topological polar surface area (TPSA) is 75.0 Å². The quantitative estimate of drug-likeness (QED) is 0.666. The molecule has 0 atom stereocenters. The third-order valence-electron chi connectivity index (χ3n) is 2.14. The Hall–Kier alpha value is -2.04. The molecule has 2 aromatic rings. The minimum absolute atomic E-state index is 0.170. The van der Waals surface area contributed by atoms with E-state index in [1.165, 1.54) is 0 Å². The molecule has 15 heavy (non-hydrogen) atoms. The van der Waals surface area contributed by atoms with Gasteiger partial charge >= 0.3 is 0 Å². The molecular weight excluding hydrogens is 192 g/mol. The SMILES string of the molecule is CN(C)c1nc2ccc(N)cc2c(=O)[nH]1. The largest absolute Gasteiger partial charge is 0.399 e. The summed E-state index contributed by atoms with van der Waals surface area (Å²) in [5, 5.41) is 0.514. The smallest absolute Gasteiger partial charge is 0.260 e. The normalized spacial score (nSPS) is 10.5. The van der Waals surface area contributed by atoms with E-state index < -0.39 is 0 Å². The number of nitrogens with zero attached hydrogens (tertiary/aromatic N) is 2. The average molecular weight is 204 g/mol. The van der Waals surface area contributed by atoms with Crippen molar-refractivity contribution in [3.8, 4) is 0 Å². The predicted octanol–water partition coefficient (Wildman–Crippen LogP) is 0.571. The summed E-state index contributed by atoms with van der Waals surface area (Å²) in [5.41, 5.74) is 6.64. The van der Waals surface area contributed by atoms with Gasteiger partial charge in [-0.3, -0.25) is 9.78 Å². The predicted molar refractivity (Wildman–Crippen MR) is 61.1 cm³/mol. The van der Waals surface area contributed by atoms with Gasteiger partial charge in [-0.2, -0.15) is 0 Å². The van der Waals surface area contributed by atoms with E-state index in [2.05, 4.69) is 9.97 Å². The average Bonchev–Trinajstić information content (AvgIpc) is 2.18. The number of aromatic amines is 1. The molecule has 1 heterocycles. The lowest BCUT2D eigenvalue weighted by atomic mass is 10.2. The van der Waals surface area contributed by atoms with Crippen LogP contribution in [0.3, 0.4) is 0 Å². The highest BCUT2D eigenvalue weighted by molar-refractivity contribution is 5.81. The first-order valence-corrected chi connectivity index (χ1v) is 4.55. The van der Waals surface area contributed by atoms with Crippen molar-refractivity contribution in [3.05, 3.63) is 28.6 Å². The Morgan fingerprint density at radius 2 is 2.13 bits per heavy atom. The van der Waals surface area contributed by atoms with Gasteiger partial charge in [0.15, 0.2) is 0 Å². The summed E-state index contributed by atoms with van der Waals surface area (Å²) < 4.78 is 0. The highest BCUT2D eigenvalue weighted by Gasteiger charge is 2.04. The minimum atomic E-state index is -0.170. The maximum absolute atomic E-state index is 11.7. The lowest BCUT2D eigenvalue weighted by Gasteiger charge is -2.10. The Kier molecular flexibility index (Phi) is 2.07. The van der Waals surface area contributed by atoms with Crippen LogP contribution in [0, 0.1) is 0 Å². The lowest BCUT2D eigenvalue weighted by molar-refractivity contribution is 1.00. The summed E-state index contributed by atoms with van der Waals surface area (Å²) in [6, 6.07) is 5.10. The van der Waals surface area contributed by atoms with E-state index in [9.17, 15) is 4.79 Å². The number of benzene rings is 1. The zero-order valence-corrected chi connectivity index (χ0v) is 8.61. The molecule has 0 aliphatic heterocycles. The summed E-state index contributed by atoms with van der Waals surface area (Å²) in [7, 11) is 3.64. The zero-order valence-electron chi connectivity index (χ0n) is 8.61. The Morgan fingerprint density at radius 1 is 1.40 bits per heavy atom. The third kappa shape index (κ3) is 1.63. The van der Waals surface area contributed by atoms with Crippen LogP contribution in [0.15, 0.2) is 23.0 Å². The summed E-state index contributed by atoms with van der Waals surface area (Å²) in [6.45, 7) is 0. The van der Waals surface area contributed by atoms with Gasteiger partial charge in [-0.25, -0.2) is 4.98 Å². The Labute approximate surface area is 86.5 Å². The highest BCUT2D eigenvalue weighted by atomic mass is 16.1. The van der Waals surface area contributed by atoms with E-state index in [0.717, 1.165) is 0 Å². The molecule has 0 fully saturated rings. The molecule has 1 aromatic heterocycles. The molecule has 0 unspecified atom stereocenters. The van der Waals surface area contributed by atoms with Gasteiger partial charge in [0, 0.05) is 19.8 Å². The van der Waals surface area contributed by atoms with E-state index in [1.54, 1.807) is 23.1 Å². The number of rotatable bonds is 1. The van der Waals surface area contributed by atoms with Crippen molar-refractivity contribution in [2.45, 2.75) is 0 Å². The summed E-state index contributed by atoms with van der Waals surface area (Å²) >= 11 is 0. The van der Waals surface area contributed by atoms with Crippen LogP contribution in [0.5, 0.6) is 0 Å². The second kappa shape index (κ2) is 3.27. The van der Waals surface area contributed by atoms with Gasteiger partial charge in [0.2, 0.25) is 5.95 Å². The van der Waals surface area contributed by atoms with E-state index in [4.69, 9.17) is 5.73 Å².